The average molecular weight is 756 g/mol. The standard InChI is InChI=1S/C27H26I2N4O4S/c1-15(2)23-25(26(37)32-12-11-31(14-21(35)36)20(34)13-32)38-27-30-22(16-3-7-18(28)8-4-16)24(33(23)27)17-5-9-19(29)10-6-17/h3-10,15,22,24H,11-14H2,1-2H3,(H,35,36). The molecule has 11 heteroatoms. The molecule has 1 N–H and O–H groups in total. The summed E-state index contributed by atoms with van der Waals surface area (Å²) in [6.45, 7) is 4.18. The van der Waals surface area contributed by atoms with Crippen molar-refractivity contribution in [2.75, 3.05) is 26.2 Å². The van der Waals surface area contributed by atoms with E-state index >= 15 is 0 Å². The highest BCUT2D eigenvalue weighted by Crippen LogP contribution is 2.53. The summed E-state index contributed by atoms with van der Waals surface area (Å²) in [4.78, 5) is 48.2. The maximum atomic E-state index is 13.8. The number of carbonyl (C=O) groups is 3. The van der Waals surface area contributed by atoms with E-state index in [-0.39, 0.29) is 49.5 Å². The molecule has 1 fully saturated rings. The third kappa shape index (κ3) is 5.33. The van der Waals surface area contributed by atoms with Crippen molar-refractivity contribution in [1.29, 1.82) is 0 Å². The smallest absolute Gasteiger partial charge is 0.323 e. The van der Waals surface area contributed by atoms with E-state index in [1.807, 2.05) is 0 Å². The monoisotopic (exact) mass is 756 g/mol. The van der Waals surface area contributed by atoms with Crippen LogP contribution >= 0.6 is 56.9 Å². The summed E-state index contributed by atoms with van der Waals surface area (Å²) in [6, 6.07) is 16.6. The molecule has 2 atom stereocenters. The molecule has 0 saturated carbocycles. The summed E-state index contributed by atoms with van der Waals surface area (Å²) in [5.41, 5.74) is 3.15. The first-order chi connectivity index (χ1) is 18.1. The first-order valence-electron chi connectivity index (χ1n) is 12.2. The average Bonchev–Trinajstić information content (AvgIpc) is 3.42. The fraction of sp³-hybridized carbons (Fsp3) is 0.333. The van der Waals surface area contributed by atoms with Crippen LogP contribution in [0.4, 0.5) is 0 Å². The van der Waals surface area contributed by atoms with Crippen LogP contribution in [-0.4, -0.2) is 68.9 Å². The zero-order chi connectivity index (χ0) is 27.1. The van der Waals surface area contributed by atoms with Crippen LogP contribution < -0.4 is 0 Å². The fourth-order valence-electron chi connectivity index (χ4n) is 5.05. The van der Waals surface area contributed by atoms with E-state index in [4.69, 9.17) is 10.1 Å². The lowest BCUT2D eigenvalue weighted by Crippen LogP contribution is -2.53. The van der Waals surface area contributed by atoms with Crippen LogP contribution in [0.1, 0.15) is 37.1 Å². The van der Waals surface area contributed by atoms with Crippen molar-refractivity contribution >= 4 is 79.9 Å². The molecular formula is C27H26I2N4O4S. The Hall–Kier alpha value is -2.13. The molecule has 38 heavy (non-hydrogen) atoms. The largest absolute Gasteiger partial charge is 0.480 e. The van der Waals surface area contributed by atoms with Crippen LogP contribution in [0.2, 0.25) is 0 Å². The fourth-order valence-corrected chi connectivity index (χ4v) is 7.08. The lowest BCUT2D eigenvalue weighted by molar-refractivity contribution is -0.149. The first-order valence-corrected chi connectivity index (χ1v) is 15.2. The number of allylic oxidation sites excluding steroid dienone is 1. The second kappa shape index (κ2) is 11.2. The van der Waals surface area contributed by atoms with Gasteiger partial charge in [-0.2, -0.15) is 0 Å². The van der Waals surface area contributed by atoms with Gasteiger partial charge in [-0.3, -0.25) is 19.4 Å². The molecule has 0 bridgehead atoms. The quantitative estimate of drug-likeness (QED) is 0.430. The Morgan fingerprint density at radius 1 is 1.03 bits per heavy atom. The normalized spacial score (nSPS) is 21.3. The van der Waals surface area contributed by atoms with Crippen LogP contribution in [0.25, 0.3) is 0 Å². The predicted octanol–water partition coefficient (Wildman–Crippen LogP) is 4.72. The third-order valence-corrected chi connectivity index (χ3v) is 9.33. The second-order valence-corrected chi connectivity index (χ2v) is 13.2. The van der Waals surface area contributed by atoms with Crippen molar-refractivity contribution < 1.29 is 19.5 Å². The van der Waals surface area contributed by atoms with Gasteiger partial charge in [0.2, 0.25) is 5.91 Å². The van der Waals surface area contributed by atoms with Crippen LogP contribution in [-0.2, 0) is 14.4 Å². The zero-order valence-electron chi connectivity index (χ0n) is 20.8. The second-order valence-electron chi connectivity index (χ2n) is 9.68. The van der Waals surface area contributed by atoms with Gasteiger partial charge in [-0.15, -0.1) is 0 Å². The van der Waals surface area contributed by atoms with Gasteiger partial charge in [0.25, 0.3) is 5.91 Å². The molecule has 5 rings (SSSR count). The highest BCUT2D eigenvalue weighted by molar-refractivity contribution is 14.1. The number of hydrogen-bond acceptors (Lipinski definition) is 6. The minimum Gasteiger partial charge on any atom is -0.480 e. The van der Waals surface area contributed by atoms with Gasteiger partial charge in [0.05, 0.1) is 6.04 Å². The highest BCUT2D eigenvalue weighted by atomic mass is 127. The number of thioether (sulfide) groups is 1. The van der Waals surface area contributed by atoms with Gasteiger partial charge >= 0.3 is 5.97 Å². The summed E-state index contributed by atoms with van der Waals surface area (Å²) in [5.74, 6) is -1.57. The van der Waals surface area contributed by atoms with Gasteiger partial charge in [-0.05, 0) is 98.3 Å². The van der Waals surface area contributed by atoms with E-state index in [9.17, 15) is 14.4 Å². The summed E-state index contributed by atoms with van der Waals surface area (Å²) in [5, 5.41) is 9.86. The third-order valence-electron chi connectivity index (χ3n) is 6.81. The molecule has 2 aromatic rings. The number of aliphatic carboxylic acids is 1. The van der Waals surface area contributed by atoms with Crippen molar-refractivity contribution in [2.45, 2.75) is 25.9 Å². The van der Waals surface area contributed by atoms with Crippen LogP contribution in [0.5, 0.6) is 0 Å². The van der Waals surface area contributed by atoms with E-state index in [0.717, 1.165) is 29.1 Å². The number of hydrogen-bond donors (Lipinski definition) is 1. The Balaban J connectivity index is 1.50. The Labute approximate surface area is 252 Å². The molecule has 0 aliphatic carbocycles. The molecule has 8 nitrogen and oxygen atoms in total. The summed E-state index contributed by atoms with van der Waals surface area (Å²) in [7, 11) is 0. The van der Waals surface area contributed by atoms with Gasteiger partial charge in [-0.1, -0.05) is 38.1 Å². The number of amidine groups is 1. The predicted molar refractivity (Wildman–Crippen MR) is 163 cm³/mol. The molecule has 0 radical (unpaired) electrons. The molecule has 198 valence electrons. The Morgan fingerprint density at radius 3 is 2.18 bits per heavy atom. The molecule has 3 aliphatic heterocycles. The molecule has 0 spiro atoms. The first kappa shape index (κ1) is 27.4. The topological polar surface area (TPSA) is 93.5 Å². The summed E-state index contributed by atoms with van der Waals surface area (Å²) in [6.07, 6.45) is 0. The number of carbonyl (C=O) groups excluding carboxylic acids is 2. The highest BCUT2D eigenvalue weighted by Gasteiger charge is 2.48. The number of piperazine rings is 1. The lowest BCUT2D eigenvalue weighted by Gasteiger charge is -2.34. The SMILES string of the molecule is CC(C)C1=C(C(=O)N2CCN(CC(=O)O)C(=O)C2)SC2=NC(c3ccc(I)cc3)C(c3ccc(I)cc3)N21. The Kier molecular flexibility index (Phi) is 8.06. The number of carboxylic acids is 1. The van der Waals surface area contributed by atoms with E-state index in [2.05, 4.69) is 112 Å². The number of fused-ring (bicyclic) bond motifs is 1. The van der Waals surface area contributed by atoms with E-state index in [1.165, 1.54) is 21.6 Å². The van der Waals surface area contributed by atoms with Gasteiger partial charge < -0.3 is 19.8 Å². The number of rotatable bonds is 6. The maximum Gasteiger partial charge on any atom is 0.323 e. The molecule has 1 saturated heterocycles. The van der Waals surface area contributed by atoms with Crippen molar-refractivity contribution in [2.24, 2.45) is 10.9 Å². The number of nitrogens with zero attached hydrogens (tertiary/aromatic N) is 4. The lowest BCUT2D eigenvalue weighted by atomic mass is 9.92. The van der Waals surface area contributed by atoms with Crippen LogP contribution in [0.15, 0.2) is 64.1 Å². The summed E-state index contributed by atoms with van der Waals surface area (Å²) < 4.78 is 2.31. The molecule has 3 aliphatic rings. The number of amides is 2. The Bertz CT molecular complexity index is 1340. The minimum absolute atomic E-state index is 0.0416. The number of carboxylic acid groups (broad SMARTS) is 1. The van der Waals surface area contributed by atoms with Crippen molar-refractivity contribution in [3.63, 3.8) is 0 Å². The summed E-state index contributed by atoms with van der Waals surface area (Å²) >= 11 is 5.98. The zero-order valence-corrected chi connectivity index (χ0v) is 25.9. The molecule has 2 amide bonds. The van der Waals surface area contributed by atoms with Crippen molar-refractivity contribution in [3.8, 4) is 0 Å². The molecule has 2 aromatic carbocycles. The molecule has 3 heterocycles. The van der Waals surface area contributed by atoms with Gasteiger partial charge in [0.15, 0.2) is 5.17 Å². The van der Waals surface area contributed by atoms with Crippen LogP contribution in [0.3, 0.4) is 0 Å². The maximum absolute atomic E-state index is 13.8. The molecular weight excluding hydrogens is 730 g/mol. The van der Waals surface area contributed by atoms with E-state index in [1.54, 1.807) is 0 Å². The van der Waals surface area contributed by atoms with Crippen molar-refractivity contribution in [1.82, 2.24) is 14.7 Å². The van der Waals surface area contributed by atoms with Gasteiger partial charge in [-0.25, -0.2) is 0 Å². The number of halogens is 2. The van der Waals surface area contributed by atoms with Gasteiger partial charge in [0.1, 0.15) is 24.0 Å². The van der Waals surface area contributed by atoms with Crippen LogP contribution in [0, 0.1) is 13.1 Å². The van der Waals surface area contributed by atoms with Crippen molar-refractivity contribution in [3.05, 3.63) is 77.4 Å². The minimum atomic E-state index is -1.06. The number of aliphatic imine (C=N–C) groups is 1. The van der Waals surface area contributed by atoms with E-state index < -0.39 is 5.97 Å². The van der Waals surface area contributed by atoms with E-state index in [0.29, 0.717) is 11.4 Å². The Morgan fingerprint density at radius 2 is 1.63 bits per heavy atom. The number of benzene rings is 2. The molecule has 0 aromatic heterocycles. The molecule has 2 unspecified atom stereocenters. The van der Waals surface area contributed by atoms with Gasteiger partial charge in [0, 0.05) is 25.9 Å².